The summed E-state index contributed by atoms with van der Waals surface area (Å²) in [5.41, 5.74) is 1.33. The van der Waals surface area contributed by atoms with E-state index in [1.54, 1.807) is 29.2 Å². The zero-order valence-electron chi connectivity index (χ0n) is 18.7. The molecular weight excluding hydrogens is 446 g/mol. The molecule has 1 heterocycles. The van der Waals surface area contributed by atoms with Crippen LogP contribution in [0.15, 0.2) is 24.3 Å². The molecule has 0 bridgehead atoms. The van der Waals surface area contributed by atoms with Crippen LogP contribution in [-0.4, -0.2) is 34.2 Å². The quantitative estimate of drug-likeness (QED) is 0.553. The van der Waals surface area contributed by atoms with Crippen molar-refractivity contribution in [3.63, 3.8) is 0 Å². The van der Waals surface area contributed by atoms with Crippen molar-refractivity contribution in [3.8, 4) is 11.8 Å². The summed E-state index contributed by atoms with van der Waals surface area (Å²) in [7, 11) is 0. The molecule has 0 saturated heterocycles. The number of aliphatic hydroxyl groups is 1. The predicted molar refractivity (Wildman–Crippen MR) is 129 cm³/mol. The van der Waals surface area contributed by atoms with E-state index in [0.29, 0.717) is 46.8 Å². The number of aryl methyl sites for hydroxylation is 1. The van der Waals surface area contributed by atoms with Crippen molar-refractivity contribution in [2.75, 3.05) is 4.90 Å². The maximum Gasteiger partial charge on any atom is 0.348 e. The summed E-state index contributed by atoms with van der Waals surface area (Å²) in [5, 5.41) is 20.4. The Balaban J connectivity index is 2.12. The van der Waals surface area contributed by atoms with Gasteiger partial charge in [0.1, 0.15) is 4.88 Å². The van der Waals surface area contributed by atoms with Crippen LogP contribution in [0.3, 0.4) is 0 Å². The largest absolute Gasteiger partial charge is 0.477 e. The van der Waals surface area contributed by atoms with Crippen molar-refractivity contribution >= 4 is 40.5 Å². The van der Waals surface area contributed by atoms with Gasteiger partial charge in [-0.2, -0.15) is 0 Å². The number of anilines is 1. The number of aromatic carboxylic acids is 1. The summed E-state index contributed by atoms with van der Waals surface area (Å²) in [6, 6.07) is 6.57. The molecule has 1 aromatic carbocycles. The molecule has 2 N–H and O–H groups in total. The van der Waals surface area contributed by atoms with E-state index in [4.69, 9.17) is 11.6 Å². The van der Waals surface area contributed by atoms with Crippen molar-refractivity contribution in [1.29, 1.82) is 0 Å². The summed E-state index contributed by atoms with van der Waals surface area (Å²) in [4.78, 5) is 28.2. The van der Waals surface area contributed by atoms with Crippen molar-refractivity contribution in [1.82, 2.24) is 0 Å². The minimum Gasteiger partial charge on any atom is -0.477 e. The van der Waals surface area contributed by atoms with Crippen molar-refractivity contribution in [2.24, 2.45) is 5.41 Å². The van der Waals surface area contributed by atoms with Crippen LogP contribution in [0.1, 0.15) is 76.9 Å². The van der Waals surface area contributed by atoms with Gasteiger partial charge >= 0.3 is 5.97 Å². The second-order valence-corrected chi connectivity index (χ2v) is 10.7. The molecule has 32 heavy (non-hydrogen) atoms. The first-order chi connectivity index (χ1) is 15.0. The number of hydrogen-bond donors (Lipinski definition) is 2. The van der Waals surface area contributed by atoms with Crippen molar-refractivity contribution < 1.29 is 19.8 Å². The molecule has 0 atom stereocenters. The van der Waals surface area contributed by atoms with E-state index in [0.717, 1.165) is 16.9 Å². The number of amides is 1. The molecule has 170 valence electrons. The SMILES string of the molecule is Cc1cc(Cl)ccc1C(=O)N(c1cc(C#CC(C)(C)C)sc1C(=O)O)C1CCC(O)CC1. The van der Waals surface area contributed by atoms with Gasteiger partial charge in [-0.15, -0.1) is 11.3 Å². The lowest BCUT2D eigenvalue weighted by Gasteiger charge is -2.36. The topological polar surface area (TPSA) is 77.8 Å². The molecule has 0 spiro atoms. The first-order valence-corrected chi connectivity index (χ1v) is 11.8. The third kappa shape index (κ3) is 5.72. The number of rotatable bonds is 4. The normalized spacial score (nSPS) is 18.6. The molecule has 7 heteroatoms. The van der Waals surface area contributed by atoms with E-state index < -0.39 is 12.1 Å². The third-order valence-corrected chi connectivity index (χ3v) is 6.66. The maximum absolute atomic E-state index is 13.8. The van der Waals surface area contributed by atoms with Crippen LogP contribution < -0.4 is 4.90 Å². The molecule has 0 aliphatic heterocycles. The molecule has 2 aromatic rings. The van der Waals surface area contributed by atoms with E-state index >= 15 is 0 Å². The van der Waals surface area contributed by atoms with E-state index in [1.807, 2.05) is 27.7 Å². The minimum absolute atomic E-state index is 0.0919. The summed E-state index contributed by atoms with van der Waals surface area (Å²) >= 11 is 7.16. The number of carboxylic acid groups (broad SMARTS) is 1. The minimum atomic E-state index is -1.09. The lowest BCUT2D eigenvalue weighted by atomic mass is 9.91. The highest BCUT2D eigenvalue weighted by Gasteiger charge is 2.34. The second-order valence-electron chi connectivity index (χ2n) is 9.23. The Hall–Kier alpha value is -2.33. The molecule has 1 amide bonds. The number of benzene rings is 1. The van der Waals surface area contributed by atoms with Gasteiger partial charge in [-0.05, 0) is 83.2 Å². The van der Waals surface area contributed by atoms with Gasteiger partial charge in [-0.25, -0.2) is 4.79 Å². The van der Waals surface area contributed by atoms with Gasteiger partial charge in [0, 0.05) is 22.0 Å². The molecule has 5 nitrogen and oxygen atoms in total. The fraction of sp³-hybridized carbons (Fsp3) is 0.440. The molecular formula is C25H28ClNO4S. The van der Waals surface area contributed by atoms with Crippen LogP contribution in [-0.2, 0) is 0 Å². The van der Waals surface area contributed by atoms with Crippen LogP contribution in [0.25, 0.3) is 0 Å². The summed E-state index contributed by atoms with van der Waals surface area (Å²) in [5.74, 6) is 4.85. The van der Waals surface area contributed by atoms with Crippen LogP contribution in [0.2, 0.25) is 5.02 Å². The molecule has 1 aliphatic rings. The predicted octanol–water partition coefficient (Wildman–Crippen LogP) is 5.76. The smallest absolute Gasteiger partial charge is 0.348 e. The number of carbonyl (C=O) groups excluding carboxylic acids is 1. The molecule has 1 fully saturated rings. The van der Waals surface area contributed by atoms with Gasteiger partial charge in [0.25, 0.3) is 5.91 Å². The van der Waals surface area contributed by atoms with E-state index in [9.17, 15) is 19.8 Å². The third-order valence-electron chi connectivity index (χ3n) is 5.40. The number of carboxylic acids is 1. The van der Waals surface area contributed by atoms with Gasteiger partial charge in [0.05, 0.1) is 16.7 Å². The Bertz CT molecular complexity index is 1080. The summed E-state index contributed by atoms with van der Waals surface area (Å²) in [6.07, 6.45) is 1.93. The fourth-order valence-corrected chi connectivity index (χ4v) is 4.88. The average molecular weight is 474 g/mol. The number of nitrogens with zero attached hydrogens (tertiary/aromatic N) is 1. The van der Waals surface area contributed by atoms with Crippen LogP contribution in [0.4, 0.5) is 5.69 Å². The average Bonchev–Trinajstić information content (AvgIpc) is 3.12. The lowest BCUT2D eigenvalue weighted by molar-refractivity contribution is 0.0702. The van der Waals surface area contributed by atoms with Crippen molar-refractivity contribution in [2.45, 2.75) is 65.5 Å². The van der Waals surface area contributed by atoms with Gasteiger partial charge in [-0.3, -0.25) is 4.79 Å². The highest BCUT2D eigenvalue weighted by Crippen LogP contribution is 2.37. The van der Waals surface area contributed by atoms with Crippen LogP contribution in [0.5, 0.6) is 0 Å². The van der Waals surface area contributed by atoms with Gasteiger partial charge in [0.2, 0.25) is 0 Å². The van der Waals surface area contributed by atoms with Crippen LogP contribution >= 0.6 is 22.9 Å². The van der Waals surface area contributed by atoms with E-state index in [2.05, 4.69) is 11.8 Å². The van der Waals surface area contributed by atoms with E-state index in [-0.39, 0.29) is 22.2 Å². The molecule has 0 radical (unpaired) electrons. The first-order valence-electron chi connectivity index (χ1n) is 10.6. The Kier molecular flexibility index (Phi) is 7.34. The van der Waals surface area contributed by atoms with Gasteiger partial charge in [-0.1, -0.05) is 23.4 Å². The van der Waals surface area contributed by atoms with Crippen molar-refractivity contribution in [3.05, 3.63) is 50.2 Å². The second kappa shape index (κ2) is 9.66. The maximum atomic E-state index is 13.8. The Morgan fingerprint density at radius 2 is 1.81 bits per heavy atom. The zero-order valence-corrected chi connectivity index (χ0v) is 20.3. The Morgan fingerprint density at radius 3 is 2.38 bits per heavy atom. The molecule has 3 rings (SSSR count). The zero-order chi connectivity index (χ0) is 23.6. The molecule has 0 unspecified atom stereocenters. The highest BCUT2D eigenvalue weighted by molar-refractivity contribution is 7.15. The standard InChI is InChI=1S/C25H28ClNO4S/c1-15-13-16(26)5-10-20(15)23(29)27(17-6-8-18(28)9-7-17)21-14-19(11-12-25(2,3)4)32-22(21)24(30)31/h5,10,13-14,17-18,28H,6-9H2,1-4H3,(H,30,31). The molecule has 1 aromatic heterocycles. The summed E-state index contributed by atoms with van der Waals surface area (Å²) < 4.78 is 0. The number of hydrogen-bond acceptors (Lipinski definition) is 4. The number of halogens is 1. The molecule has 1 saturated carbocycles. The number of aliphatic hydroxyl groups excluding tert-OH is 1. The monoisotopic (exact) mass is 473 g/mol. The molecule has 1 aliphatic carbocycles. The number of thiophene rings is 1. The highest BCUT2D eigenvalue weighted by atomic mass is 35.5. The number of carbonyl (C=O) groups is 2. The lowest BCUT2D eigenvalue weighted by Crippen LogP contribution is -2.44. The summed E-state index contributed by atoms with van der Waals surface area (Å²) in [6.45, 7) is 7.77. The van der Waals surface area contributed by atoms with Gasteiger partial charge in [0.15, 0.2) is 0 Å². The van der Waals surface area contributed by atoms with Crippen LogP contribution in [0, 0.1) is 24.2 Å². The fourth-order valence-electron chi connectivity index (χ4n) is 3.81. The Labute approximate surface area is 198 Å². The van der Waals surface area contributed by atoms with Gasteiger partial charge < -0.3 is 15.1 Å². The van der Waals surface area contributed by atoms with E-state index in [1.165, 1.54) is 0 Å². The first kappa shape index (κ1) is 24.3. The Morgan fingerprint density at radius 1 is 1.16 bits per heavy atom.